The summed E-state index contributed by atoms with van der Waals surface area (Å²) in [5.74, 6) is -7.96. The topological polar surface area (TPSA) is 35.5 Å². The number of carbonyl (C=O) groups is 1. The highest BCUT2D eigenvalue weighted by Gasteiger charge is 2.65. The molecule has 152 valence electrons. The van der Waals surface area contributed by atoms with E-state index < -0.39 is 23.6 Å². The summed E-state index contributed by atoms with van der Waals surface area (Å²) in [7, 11) is 0. The van der Waals surface area contributed by atoms with Gasteiger partial charge in [-0.25, -0.2) is 0 Å². The average molecular weight is 406 g/mol. The van der Waals surface area contributed by atoms with E-state index in [0.29, 0.717) is 11.1 Å². The maximum Gasteiger partial charge on any atom is 0.366 e. The predicted octanol–water partition coefficient (Wildman–Crippen LogP) is 5.70. The number of benzene rings is 3. The molecule has 1 aliphatic heterocycles. The lowest BCUT2D eigenvalue weighted by atomic mass is 9.90. The molecule has 4 rings (SSSR count). The van der Waals surface area contributed by atoms with Crippen LogP contribution in [0.25, 0.3) is 0 Å². The summed E-state index contributed by atoms with van der Waals surface area (Å²) in [5, 5.41) is 0. The Morgan fingerprint density at radius 1 is 0.900 bits per heavy atom. The van der Waals surface area contributed by atoms with E-state index in [-0.39, 0.29) is 17.7 Å². The first-order valence-electron chi connectivity index (χ1n) is 9.53. The van der Waals surface area contributed by atoms with Gasteiger partial charge in [-0.3, -0.25) is 4.79 Å². The highest BCUT2D eigenvalue weighted by Crippen LogP contribution is 2.51. The maximum absolute atomic E-state index is 15.9. The summed E-state index contributed by atoms with van der Waals surface area (Å²) < 4.78 is 43.4. The summed E-state index contributed by atoms with van der Waals surface area (Å²) in [6, 6.07) is 24.2. The number of rotatable bonds is 5. The molecule has 0 spiro atoms. The van der Waals surface area contributed by atoms with Crippen LogP contribution in [0.5, 0.6) is 0 Å². The van der Waals surface area contributed by atoms with Gasteiger partial charge in [0, 0.05) is 11.1 Å². The van der Waals surface area contributed by atoms with Crippen molar-refractivity contribution in [2.24, 2.45) is 0 Å². The zero-order valence-corrected chi connectivity index (χ0v) is 16.1. The molecule has 1 aliphatic rings. The molecule has 0 radical (unpaired) electrons. The van der Waals surface area contributed by atoms with E-state index in [2.05, 4.69) is 6.58 Å². The molecule has 0 aromatic heterocycles. The fourth-order valence-corrected chi connectivity index (χ4v) is 3.56. The third-order valence-corrected chi connectivity index (χ3v) is 5.11. The second-order valence-electron chi connectivity index (χ2n) is 7.11. The highest BCUT2D eigenvalue weighted by molar-refractivity contribution is 6.02. The molecule has 0 unspecified atom stereocenters. The Bertz CT molecular complexity index is 1040. The van der Waals surface area contributed by atoms with Crippen LogP contribution in [0.3, 0.4) is 0 Å². The SMILES string of the molecule is C=C1CO[C@@](c2ccccc2)(C(F)(F)C(=O)c2ccccc2)O[C@H]1c1ccccc1. The lowest BCUT2D eigenvalue weighted by molar-refractivity contribution is -0.357. The molecule has 3 aromatic rings. The first kappa shape index (κ1) is 20.1. The van der Waals surface area contributed by atoms with Gasteiger partial charge < -0.3 is 9.47 Å². The molecule has 5 heteroatoms. The molecule has 30 heavy (non-hydrogen) atoms. The summed E-state index contributed by atoms with van der Waals surface area (Å²) in [6.07, 6.45) is -0.852. The number of halogens is 2. The maximum atomic E-state index is 15.9. The Morgan fingerprint density at radius 2 is 1.43 bits per heavy atom. The predicted molar refractivity (Wildman–Crippen MR) is 109 cm³/mol. The number of carbonyl (C=O) groups excluding carboxylic acids is 1. The number of hydrogen-bond acceptors (Lipinski definition) is 3. The van der Waals surface area contributed by atoms with Gasteiger partial charge in [-0.05, 0) is 11.1 Å². The van der Waals surface area contributed by atoms with Gasteiger partial charge in [0.05, 0.1) is 6.61 Å². The van der Waals surface area contributed by atoms with Crippen LogP contribution in [-0.4, -0.2) is 18.3 Å². The van der Waals surface area contributed by atoms with Gasteiger partial charge in [0.15, 0.2) is 0 Å². The van der Waals surface area contributed by atoms with Crippen molar-refractivity contribution in [1.29, 1.82) is 0 Å². The van der Waals surface area contributed by atoms with E-state index >= 15 is 8.78 Å². The second-order valence-corrected chi connectivity index (χ2v) is 7.11. The Labute approximate surface area is 173 Å². The van der Waals surface area contributed by atoms with Crippen molar-refractivity contribution < 1.29 is 23.0 Å². The van der Waals surface area contributed by atoms with Crippen LogP contribution in [0.1, 0.15) is 27.6 Å². The van der Waals surface area contributed by atoms with Gasteiger partial charge in [0.1, 0.15) is 6.10 Å². The van der Waals surface area contributed by atoms with Crippen LogP contribution >= 0.6 is 0 Å². The Balaban J connectivity index is 1.84. The third kappa shape index (κ3) is 3.36. The summed E-state index contributed by atoms with van der Waals surface area (Å²) in [4.78, 5) is 12.9. The largest absolute Gasteiger partial charge is 0.366 e. The smallest absolute Gasteiger partial charge is 0.336 e. The summed E-state index contributed by atoms with van der Waals surface area (Å²) >= 11 is 0. The number of ketones is 1. The summed E-state index contributed by atoms with van der Waals surface area (Å²) in [5.41, 5.74) is 1.10. The molecule has 0 amide bonds. The normalized spacial score (nSPS) is 21.9. The van der Waals surface area contributed by atoms with Gasteiger partial charge in [0.25, 0.3) is 5.79 Å². The molecule has 1 heterocycles. The standard InChI is InChI=1S/C25H20F2O3/c1-18-17-29-25(21-15-9-4-10-16-21,30-22(18)19-11-5-2-6-12-19)24(26,27)23(28)20-13-7-3-8-14-20/h2-16,22H,1,17H2/t22-,25-/m1/s1. The van der Waals surface area contributed by atoms with Crippen molar-refractivity contribution >= 4 is 5.78 Å². The number of ether oxygens (including phenoxy) is 2. The molecule has 0 saturated carbocycles. The molecular weight excluding hydrogens is 386 g/mol. The number of Topliss-reactive ketones (excluding diaryl/α,β-unsaturated/α-hetero) is 1. The third-order valence-electron chi connectivity index (χ3n) is 5.11. The average Bonchev–Trinajstić information content (AvgIpc) is 2.80. The van der Waals surface area contributed by atoms with Crippen LogP contribution in [0.4, 0.5) is 8.78 Å². The lowest BCUT2D eigenvalue weighted by Gasteiger charge is -2.45. The first-order chi connectivity index (χ1) is 14.5. The number of alkyl halides is 2. The van der Waals surface area contributed by atoms with E-state index in [1.807, 2.05) is 6.07 Å². The van der Waals surface area contributed by atoms with Crippen molar-refractivity contribution in [2.45, 2.75) is 17.8 Å². The van der Waals surface area contributed by atoms with E-state index in [4.69, 9.17) is 9.47 Å². The minimum atomic E-state index is -4.00. The Kier molecular flexibility index (Phi) is 5.33. The van der Waals surface area contributed by atoms with Crippen LogP contribution in [0.2, 0.25) is 0 Å². The highest BCUT2D eigenvalue weighted by atomic mass is 19.3. The van der Waals surface area contributed by atoms with E-state index in [1.54, 1.807) is 48.5 Å². The molecule has 1 fully saturated rings. The van der Waals surface area contributed by atoms with Crippen LogP contribution in [0, 0.1) is 0 Å². The monoisotopic (exact) mass is 406 g/mol. The fourth-order valence-electron chi connectivity index (χ4n) is 3.56. The molecule has 0 aliphatic carbocycles. The number of hydrogen-bond donors (Lipinski definition) is 0. The van der Waals surface area contributed by atoms with Crippen molar-refractivity contribution in [3.63, 3.8) is 0 Å². The van der Waals surface area contributed by atoms with Crippen LogP contribution < -0.4 is 0 Å². The molecule has 0 bridgehead atoms. The van der Waals surface area contributed by atoms with Gasteiger partial charge in [-0.1, -0.05) is 97.6 Å². The van der Waals surface area contributed by atoms with E-state index in [0.717, 1.165) is 0 Å². The van der Waals surface area contributed by atoms with Crippen molar-refractivity contribution in [3.8, 4) is 0 Å². The van der Waals surface area contributed by atoms with Crippen molar-refractivity contribution in [2.75, 3.05) is 6.61 Å². The second kappa shape index (κ2) is 7.94. The van der Waals surface area contributed by atoms with Gasteiger partial charge in [-0.2, -0.15) is 8.78 Å². The van der Waals surface area contributed by atoms with Crippen LogP contribution in [-0.2, 0) is 15.3 Å². The van der Waals surface area contributed by atoms with Crippen LogP contribution in [0.15, 0.2) is 103 Å². The van der Waals surface area contributed by atoms with E-state index in [1.165, 1.54) is 36.4 Å². The van der Waals surface area contributed by atoms with Crippen molar-refractivity contribution in [3.05, 3.63) is 120 Å². The van der Waals surface area contributed by atoms with Gasteiger partial charge >= 0.3 is 5.92 Å². The minimum Gasteiger partial charge on any atom is -0.336 e. The lowest BCUT2D eigenvalue weighted by Crippen LogP contribution is -2.57. The molecule has 2 atom stereocenters. The van der Waals surface area contributed by atoms with Gasteiger partial charge in [-0.15, -0.1) is 0 Å². The zero-order valence-electron chi connectivity index (χ0n) is 16.1. The molecule has 1 saturated heterocycles. The van der Waals surface area contributed by atoms with Crippen molar-refractivity contribution in [1.82, 2.24) is 0 Å². The Hall–Kier alpha value is -3.15. The molecule has 0 N–H and O–H groups in total. The zero-order chi connectivity index (χ0) is 21.2. The fraction of sp³-hybridized carbons (Fsp3) is 0.160. The molecule has 3 aromatic carbocycles. The first-order valence-corrected chi connectivity index (χ1v) is 9.53. The quantitative estimate of drug-likeness (QED) is 0.403. The van der Waals surface area contributed by atoms with Gasteiger partial charge in [0.2, 0.25) is 5.78 Å². The minimum absolute atomic E-state index is 0.0627. The summed E-state index contributed by atoms with van der Waals surface area (Å²) in [6.45, 7) is 3.76. The molecule has 3 nitrogen and oxygen atoms in total. The Morgan fingerprint density at radius 3 is 2.03 bits per heavy atom. The molecular formula is C25H20F2O3. The van der Waals surface area contributed by atoms with E-state index in [9.17, 15) is 4.79 Å².